The van der Waals surface area contributed by atoms with Crippen molar-refractivity contribution in [1.82, 2.24) is 24.6 Å². The largest absolute Gasteiger partial charge is 0.444 e. The summed E-state index contributed by atoms with van der Waals surface area (Å²) in [6.07, 6.45) is 4.49. The van der Waals surface area contributed by atoms with Crippen molar-refractivity contribution in [2.45, 2.75) is 96.2 Å². The van der Waals surface area contributed by atoms with Crippen molar-refractivity contribution in [3.05, 3.63) is 41.7 Å². The second kappa shape index (κ2) is 11.9. The highest BCUT2D eigenvalue weighted by Gasteiger charge is 2.42. The predicted octanol–water partition coefficient (Wildman–Crippen LogP) is 4.65. The molecule has 0 saturated carbocycles. The van der Waals surface area contributed by atoms with Gasteiger partial charge in [0, 0.05) is 29.7 Å². The normalized spacial score (nSPS) is 17.3. The number of carbonyl (C=O) groups excluding carboxylic acids is 2. The molecule has 2 amide bonds. The number of hydrogen-bond donors (Lipinski definition) is 2. The van der Waals surface area contributed by atoms with Gasteiger partial charge in [-0.2, -0.15) is 12.8 Å². The van der Waals surface area contributed by atoms with E-state index in [4.69, 9.17) is 4.74 Å². The van der Waals surface area contributed by atoms with Gasteiger partial charge in [0.2, 0.25) is 5.95 Å². The third-order valence-corrected chi connectivity index (χ3v) is 7.85. The lowest BCUT2D eigenvalue weighted by atomic mass is 9.91. The van der Waals surface area contributed by atoms with Crippen molar-refractivity contribution in [3.8, 4) is 0 Å². The zero-order chi connectivity index (χ0) is 30.8. The number of rotatable bonds is 8. The lowest BCUT2D eigenvalue weighted by molar-refractivity contribution is 0.0130. The highest BCUT2D eigenvalue weighted by atomic mass is 32.2. The van der Waals surface area contributed by atoms with Gasteiger partial charge in [-0.1, -0.05) is 20.8 Å². The third kappa shape index (κ3) is 8.57. The smallest absolute Gasteiger partial charge is 0.410 e. The summed E-state index contributed by atoms with van der Waals surface area (Å²) >= 11 is 0. The van der Waals surface area contributed by atoms with E-state index < -0.39 is 43.5 Å². The molecule has 2 N–H and O–H groups in total. The van der Waals surface area contributed by atoms with Crippen LogP contribution in [0.15, 0.2) is 29.6 Å². The maximum atomic E-state index is 14.5. The van der Waals surface area contributed by atoms with E-state index in [0.717, 1.165) is 25.5 Å². The molecule has 1 aliphatic rings. The monoisotopic (exact) mass is 592 g/mol. The Morgan fingerprint density at radius 1 is 1.12 bits per heavy atom. The molecular weight excluding hydrogens is 551 g/mol. The van der Waals surface area contributed by atoms with E-state index in [1.165, 1.54) is 18.3 Å². The highest BCUT2D eigenvalue weighted by molar-refractivity contribution is 7.90. The van der Waals surface area contributed by atoms with Crippen LogP contribution in [0.1, 0.15) is 90.7 Å². The van der Waals surface area contributed by atoms with E-state index in [9.17, 15) is 22.4 Å². The molecule has 0 aliphatic carbocycles. The Morgan fingerprint density at radius 2 is 1.80 bits per heavy atom. The average molecular weight is 593 g/mol. The molecule has 2 aromatic heterocycles. The van der Waals surface area contributed by atoms with E-state index in [1.54, 1.807) is 4.90 Å². The number of carbonyl (C=O) groups is 2. The molecule has 1 unspecified atom stereocenters. The number of amides is 2. The highest BCUT2D eigenvalue weighted by Crippen LogP contribution is 2.36. The summed E-state index contributed by atoms with van der Waals surface area (Å²) in [4.78, 5) is 38.8. The lowest BCUT2D eigenvalue weighted by Gasteiger charge is -2.33. The molecule has 3 rings (SSSR count). The molecule has 13 heteroatoms. The maximum Gasteiger partial charge on any atom is 0.410 e. The fourth-order valence-electron chi connectivity index (χ4n) is 4.64. The Labute approximate surface area is 241 Å². The Bertz CT molecular complexity index is 1390. The minimum absolute atomic E-state index is 0.213. The zero-order valence-corrected chi connectivity index (χ0v) is 25.9. The molecule has 0 spiro atoms. The van der Waals surface area contributed by atoms with Crippen molar-refractivity contribution in [1.29, 1.82) is 0 Å². The molecule has 1 atom stereocenters. The second-order valence-electron chi connectivity index (χ2n) is 13.0. The van der Waals surface area contributed by atoms with Crippen molar-refractivity contribution in [3.63, 3.8) is 0 Å². The van der Waals surface area contributed by atoms with E-state index >= 15 is 0 Å². The number of nitrogens with zero attached hydrogens (tertiary/aromatic N) is 4. The Hall–Kier alpha value is -3.35. The topological polar surface area (TPSA) is 143 Å². The summed E-state index contributed by atoms with van der Waals surface area (Å²) in [5, 5.41) is 2.57. The summed E-state index contributed by atoms with van der Waals surface area (Å²) in [6.45, 7) is 16.2. The van der Waals surface area contributed by atoms with Crippen molar-refractivity contribution in [2.24, 2.45) is 5.92 Å². The summed E-state index contributed by atoms with van der Waals surface area (Å²) in [6, 6.07) is 2.69. The molecule has 0 radical (unpaired) electrons. The van der Waals surface area contributed by atoms with E-state index in [0.29, 0.717) is 24.7 Å². The second-order valence-corrected chi connectivity index (χ2v) is 14.6. The Balaban J connectivity index is 1.56. The lowest BCUT2D eigenvalue weighted by Crippen LogP contribution is -2.45. The first-order chi connectivity index (χ1) is 18.8. The van der Waals surface area contributed by atoms with Gasteiger partial charge in [0.15, 0.2) is 5.03 Å². The molecule has 1 fully saturated rings. The van der Waals surface area contributed by atoms with E-state index in [1.807, 2.05) is 60.1 Å². The Morgan fingerprint density at radius 3 is 2.41 bits per heavy atom. The summed E-state index contributed by atoms with van der Waals surface area (Å²) in [7, 11) is -4.43. The van der Waals surface area contributed by atoms with Crippen LogP contribution in [-0.4, -0.2) is 64.5 Å². The van der Waals surface area contributed by atoms with Crippen LogP contribution in [-0.2, 0) is 20.2 Å². The van der Waals surface area contributed by atoms with Gasteiger partial charge in [-0.3, -0.25) is 9.78 Å². The molecule has 1 aliphatic heterocycles. The molecule has 226 valence electrons. The molecule has 0 bridgehead atoms. The van der Waals surface area contributed by atoms with Crippen molar-refractivity contribution in [2.75, 3.05) is 18.4 Å². The molecule has 1 saturated heterocycles. The first kappa shape index (κ1) is 32.2. The number of anilines is 1. The van der Waals surface area contributed by atoms with Crippen molar-refractivity contribution < 1.29 is 27.1 Å². The molecule has 0 aromatic carbocycles. The summed E-state index contributed by atoms with van der Waals surface area (Å²) in [5.41, 5.74) is -1.39. The number of hydrogen-bond acceptors (Lipinski definition) is 9. The molecule has 11 nitrogen and oxygen atoms in total. The van der Waals surface area contributed by atoms with Gasteiger partial charge in [-0.05, 0) is 71.9 Å². The van der Waals surface area contributed by atoms with Crippen LogP contribution in [0, 0.1) is 11.9 Å². The summed E-state index contributed by atoms with van der Waals surface area (Å²) < 4.78 is 47.5. The van der Waals surface area contributed by atoms with E-state index in [2.05, 4.69) is 20.3 Å². The fraction of sp³-hybridized carbons (Fsp3) is 0.607. The van der Waals surface area contributed by atoms with Gasteiger partial charge >= 0.3 is 6.09 Å². The average Bonchev–Trinajstić information content (AvgIpc) is 3.14. The number of sulfonamides is 1. The number of ether oxygens (including phenoxy) is 1. The number of aromatic nitrogens is 3. The SMILES string of the molecule is CC(C)(C)OC(=O)N1CC(CCCNc2cncc(S(=O)(=O)NC(=O)c3ccc(C(C)(C)C)nc3F)n2)CC1(C)C. The first-order valence-corrected chi connectivity index (χ1v) is 15.1. The zero-order valence-electron chi connectivity index (χ0n) is 25.0. The quantitative estimate of drug-likeness (QED) is 0.330. The maximum absolute atomic E-state index is 14.5. The van der Waals surface area contributed by atoms with Gasteiger partial charge in [-0.25, -0.2) is 19.5 Å². The van der Waals surface area contributed by atoms with Gasteiger partial charge in [0.1, 0.15) is 11.4 Å². The van der Waals surface area contributed by atoms with Crippen LogP contribution < -0.4 is 10.0 Å². The molecule has 2 aromatic rings. The predicted molar refractivity (Wildman–Crippen MR) is 152 cm³/mol. The summed E-state index contributed by atoms with van der Waals surface area (Å²) in [5.74, 6) is -1.72. The van der Waals surface area contributed by atoms with Crippen LogP contribution >= 0.6 is 0 Å². The molecule has 3 heterocycles. The van der Waals surface area contributed by atoms with Crippen molar-refractivity contribution >= 4 is 27.8 Å². The van der Waals surface area contributed by atoms with Crippen LogP contribution in [0.5, 0.6) is 0 Å². The number of nitrogens with one attached hydrogen (secondary N) is 2. The molecular formula is C28H41FN6O5S. The van der Waals surface area contributed by atoms with Crippen LogP contribution in [0.4, 0.5) is 15.0 Å². The number of pyridine rings is 1. The van der Waals surface area contributed by atoms with Gasteiger partial charge in [0.25, 0.3) is 15.9 Å². The van der Waals surface area contributed by atoms with Gasteiger partial charge in [-0.15, -0.1) is 0 Å². The standard InChI is InChI=1S/C28H41FN6O5S/c1-26(2,3)20-12-11-19(23(29)32-20)24(36)34-41(38,39)22-16-30-15-21(33-22)31-13-9-10-18-14-28(7,8)35(17-18)25(37)40-27(4,5)6/h11-12,15-16,18H,9-10,13-14,17H2,1-8H3,(H,31,33)(H,34,36). The van der Waals surface area contributed by atoms with E-state index in [-0.39, 0.29) is 17.5 Å². The number of halogens is 1. The van der Waals surface area contributed by atoms with Gasteiger partial charge in [0.05, 0.1) is 18.0 Å². The first-order valence-electron chi connectivity index (χ1n) is 13.6. The third-order valence-electron chi connectivity index (χ3n) is 6.65. The Kier molecular flexibility index (Phi) is 9.31. The van der Waals surface area contributed by atoms with Crippen LogP contribution in [0.3, 0.4) is 0 Å². The minimum atomic E-state index is -4.43. The van der Waals surface area contributed by atoms with Crippen LogP contribution in [0.25, 0.3) is 0 Å². The number of likely N-dealkylation sites (tertiary alicyclic amines) is 1. The van der Waals surface area contributed by atoms with Gasteiger partial charge < -0.3 is 15.0 Å². The molecule has 41 heavy (non-hydrogen) atoms. The fourth-order valence-corrected chi connectivity index (χ4v) is 5.52. The van der Waals surface area contributed by atoms with Crippen LogP contribution in [0.2, 0.25) is 0 Å². The minimum Gasteiger partial charge on any atom is -0.444 e.